The summed E-state index contributed by atoms with van der Waals surface area (Å²) < 4.78 is 0. The van der Waals surface area contributed by atoms with Crippen molar-refractivity contribution in [1.82, 2.24) is 5.32 Å². The van der Waals surface area contributed by atoms with E-state index in [1.165, 1.54) is 0 Å². The molecule has 3 N–H and O–H groups in total. The maximum Gasteiger partial charge on any atom is 0.225 e. The van der Waals surface area contributed by atoms with Gasteiger partial charge < -0.3 is 11.1 Å². The predicted octanol–water partition coefficient (Wildman–Crippen LogP) is 1.84. The van der Waals surface area contributed by atoms with E-state index in [9.17, 15) is 4.79 Å². The highest BCUT2D eigenvalue weighted by molar-refractivity contribution is 5.85. The molecule has 0 saturated heterocycles. The Kier molecular flexibility index (Phi) is 5.60. The van der Waals surface area contributed by atoms with Gasteiger partial charge >= 0.3 is 0 Å². The van der Waals surface area contributed by atoms with Gasteiger partial charge in [-0.05, 0) is 25.7 Å². The van der Waals surface area contributed by atoms with Gasteiger partial charge in [-0.25, -0.2) is 0 Å². The number of nitrogens with two attached hydrogens (primary N) is 1. The number of rotatable bonds is 1. The van der Waals surface area contributed by atoms with E-state index >= 15 is 0 Å². The molecule has 4 heteroatoms. The van der Waals surface area contributed by atoms with Gasteiger partial charge in [-0.15, -0.1) is 12.4 Å². The van der Waals surface area contributed by atoms with Crippen LogP contribution in [0.1, 0.15) is 46.5 Å². The Bertz CT molecular complexity index is 205. The summed E-state index contributed by atoms with van der Waals surface area (Å²) in [6, 6.07) is 0.694. The lowest BCUT2D eigenvalue weighted by Crippen LogP contribution is -2.44. The van der Waals surface area contributed by atoms with Gasteiger partial charge in [-0.3, -0.25) is 4.79 Å². The van der Waals surface area contributed by atoms with E-state index in [0.29, 0.717) is 12.1 Å². The van der Waals surface area contributed by atoms with Crippen molar-refractivity contribution in [3.8, 4) is 0 Å². The molecular formula is C11H23ClN2O. The molecule has 90 valence electrons. The molecule has 15 heavy (non-hydrogen) atoms. The summed E-state index contributed by atoms with van der Waals surface area (Å²) in [7, 11) is 0. The summed E-state index contributed by atoms with van der Waals surface area (Å²) in [6.45, 7) is 5.82. The van der Waals surface area contributed by atoms with Gasteiger partial charge in [0.25, 0.3) is 0 Å². The van der Waals surface area contributed by atoms with E-state index in [0.717, 1.165) is 25.7 Å². The first kappa shape index (κ1) is 14.7. The van der Waals surface area contributed by atoms with E-state index in [1.54, 1.807) is 0 Å². The first-order valence-corrected chi connectivity index (χ1v) is 5.46. The summed E-state index contributed by atoms with van der Waals surface area (Å²) in [5.74, 6) is 0.151. The molecule has 0 bridgehead atoms. The van der Waals surface area contributed by atoms with Crippen molar-refractivity contribution in [2.45, 2.75) is 58.5 Å². The monoisotopic (exact) mass is 234 g/mol. The van der Waals surface area contributed by atoms with Crippen molar-refractivity contribution in [1.29, 1.82) is 0 Å². The number of nitrogens with one attached hydrogen (secondary N) is 1. The predicted molar refractivity (Wildman–Crippen MR) is 65.1 cm³/mol. The minimum atomic E-state index is -0.278. The minimum Gasteiger partial charge on any atom is -0.353 e. The van der Waals surface area contributed by atoms with Crippen LogP contribution in [0.3, 0.4) is 0 Å². The van der Waals surface area contributed by atoms with Crippen molar-refractivity contribution >= 4 is 18.3 Å². The van der Waals surface area contributed by atoms with Gasteiger partial charge in [0.1, 0.15) is 0 Å². The van der Waals surface area contributed by atoms with Crippen molar-refractivity contribution in [2.75, 3.05) is 0 Å². The summed E-state index contributed by atoms with van der Waals surface area (Å²) >= 11 is 0. The van der Waals surface area contributed by atoms with E-state index in [1.807, 2.05) is 20.8 Å². The molecule has 0 aliphatic heterocycles. The lowest BCUT2D eigenvalue weighted by atomic mass is 9.89. The third-order valence-corrected chi connectivity index (χ3v) is 2.79. The number of hydrogen-bond donors (Lipinski definition) is 2. The first-order valence-electron chi connectivity index (χ1n) is 5.46. The van der Waals surface area contributed by atoms with Crippen LogP contribution in [0.15, 0.2) is 0 Å². The van der Waals surface area contributed by atoms with Crippen molar-refractivity contribution in [3.63, 3.8) is 0 Å². The van der Waals surface area contributed by atoms with Gasteiger partial charge in [0.2, 0.25) is 5.91 Å². The lowest BCUT2D eigenvalue weighted by molar-refractivity contribution is -0.129. The Morgan fingerprint density at radius 2 is 1.67 bits per heavy atom. The van der Waals surface area contributed by atoms with E-state index < -0.39 is 0 Å². The Morgan fingerprint density at radius 1 is 1.20 bits per heavy atom. The molecule has 0 heterocycles. The van der Waals surface area contributed by atoms with E-state index in [-0.39, 0.29) is 23.7 Å². The van der Waals surface area contributed by atoms with Crippen LogP contribution in [0.2, 0.25) is 0 Å². The molecule has 1 fully saturated rings. The van der Waals surface area contributed by atoms with Crippen LogP contribution in [0.25, 0.3) is 0 Å². The first-order chi connectivity index (χ1) is 6.39. The summed E-state index contributed by atoms with van der Waals surface area (Å²) in [5.41, 5.74) is 5.52. The number of carbonyl (C=O) groups excluding carboxylic acids is 1. The normalized spacial score (nSPS) is 26.7. The molecule has 0 unspecified atom stereocenters. The molecule has 1 rings (SSSR count). The highest BCUT2D eigenvalue weighted by Gasteiger charge is 2.26. The highest BCUT2D eigenvalue weighted by Crippen LogP contribution is 2.19. The molecular weight excluding hydrogens is 212 g/mol. The third-order valence-electron chi connectivity index (χ3n) is 2.79. The zero-order chi connectivity index (χ0) is 10.8. The topological polar surface area (TPSA) is 55.1 Å². The number of hydrogen-bond acceptors (Lipinski definition) is 2. The molecule has 1 aliphatic carbocycles. The SMILES string of the molecule is CC(C)(C)C(=O)NC1CCC(N)CC1.Cl. The van der Waals surface area contributed by atoms with Gasteiger partial charge in [-0.1, -0.05) is 20.8 Å². The summed E-state index contributed by atoms with van der Waals surface area (Å²) in [5, 5.41) is 3.08. The molecule has 0 aromatic carbocycles. The second kappa shape index (κ2) is 5.71. The molecule has 0 aromatic rings. The number of carbonyl (C=O) groups is 1. The highest BCUT2D eigenvalue weighted by atomic mass is 35.5. The fraction of sp³-hybridized carbons (Fsp3) is 0.909. The van der Waals surface area contributed by atoms with Gasteiger partial charge in [-0.2, -0.15) is 0 Å². The van der Waals surface area contributed by atoms with Crippen LogP contribution >= 0.6 is 12.4 Å². The van der Waals surface area contributed by atoms with Crippen LogP contribution in [-0.4, -0.2) is 18.0 Å². The molecule has 1 aliphatic rings. The fourth-order valence-electron chi connectivity index (χ4n) is 1.67. The van der Waals surface area contributed by atoms with Gasteiger partial charge in [0, 0.05) is 17.5 Å². The average molecular weight is 235 g/mol. The lowest BCUT2D eigenvalue weighted by Gasteiger charge is -2.29. The van der Waals surface area contributed by atoms with Crippen LogP contribution < -0.4 is 11.1 Å². The smallest absolute Gasteiger partial charge is 0.225 e. The molecule has 0 aromatic heterocycles. The molecule has 1 saturated carbocycles. The van der Waals surface area contributed by atoms with Crippen LogP contribution in [0.4, 0.5) is 0 Å². The van der Waals surface area contributed by atoms with Crippen molar-refractivity contribution in [2.24, 2.45) is 11.1 Å². The second-order valence-electron chi connectivity index (χ2n) is 5.34. The second-order valence-corrected chi connectivity index (χ2v) is 5.34. The van der Waals surface area contributed by atoms with Gasteiger partial charge in [0.15, 0.2) is 0 Å². The summed E-state index contributed by atoms with van der Waals surface area (Å²) in [4.78, 5) is 11.7. The quantitative estimate of drug-likeness (QED) is 0.728. The van der Waals surface area contributed by atoms with Crippen LogP contribution in [-0.2, 0) is 4.79 Å². The molecule has 0 spiro atoms. The standard InChI is InChI=1S/C11H22N2O.ClH/c1-11(2,3)10(14)13-9-6-4-8(12)5-7-9;/h8-9H,4-7,12H2,1-3H3,(H,13,14);1H. The minimum absolute atomic E-state index is 0. The maximum absolute atomic E-state index is 11.7. The van der Waals surface area contributed by atoms with Crippen molar-refractivity contribution in [3.05, 3.63) is 0 Å². The van der Waals surface area contributed by atoms with Crippen molar-refractivity contribution < 1.29 is 4.79 Å². The van der Waals surface area contributed by atoms with Crippen LogP contribution in [0, 0.1) is 5.41 Å². The zero-order valence-corrected chi connectivity index (χ0v) is 10.7. The zero-order valence-electron chi connectivity index (χ0n) is 9.88. The average Bonchev–Trinajstić information content (AvgIpc) is 2.07. The molecule has 1 amide bonds. The molecule has 0 radical (unpaired) electrons. The summed E-state index contributed by atoms with van der Waals surface area (Å²) in [6.07, 6.45) is 4.14. The van der Waals surface area contributed by atoms with Gasteiger partial charge in [0.05, 0.1) is 0 Å². The third kappa shape index (κ3) is 4.85. The van der Waals surface area contributed by atoms with E-state index in [2.05, 4.69) is 5.32 Å². The molecule has 0 atom stereocenters. The number of halogens is 1. The largest absolute Gasteiger partial charge is 0.353 e. The maximum atomic E-state index is 11.7. The Labute approximate surface area is 98.6 Å². The Hall–Kier alpha value is -0.280. The van der Waals surface area contributed by atoms with Crippen LogP contribution in [0.5, 0.6) is 0 Å². The number of amides is 1. The fourth-order valence-corrected chi connectivity index (χ4v) is 1.67. The molecule has 3 nitrogen and oxygen atoms in total. The van der Waals surface area contributed by atoms with E-state index in [4.69, 9.17) is 5.73 Å². The Balaban J connectivity index is 0.00000196. The Morgan fingerprint density at radius 3 is 2.07 bits per heavy atom.